The molecule has 3 nitrogen and oxygen atoms in total. The summed E-state index contributed by atoms with van der Waals surface area (Å²) in [6, 6.07) is 0.117. The minimum Gasteiger partial charge on any atom is -0.444 e. The predicted molar refractivity (Wildman–Crippen MR) is 67.4 cm³/mol. The lowest BCUT2D eigenvalue weighted by atomic mass is 10.00. The van der Waals surface area contributed by atoms with Gasteiger partial charge in [-0.25, -0.2) is 4.79 Å². The molecule has 0 aliphatic rings. The van der Waals surface area contributed by atoms with Crippen molar-refractivity contribution in [1.29, 1.82) is 0 Å². The summed E-state index contributed by atoms with van der Waals surface area (Å²) in [4.78, 5) is 11.5. The molecule has 0 aromatic carbocycles. The molecule has 16 heavy (non-hydrogen) atoms. The van der Waals surface area contributed by atoms with Crippen LogP contribution in [0.25, 0.3) is 0 Å². The van der Waals surface area contributed by atoms with Crippen LogP contribution in [-0.4, -0.2) is 17.7 Å². The third-order valence-corrected chi connectivity index (χ3v) is 2.34. The second-order valence-corrected chi connectivity index (χ2v) is 5.22. The molecule has 94 valence electrons. The molecule has 1 unspecified atom stereocenters. The van der Waals surface area contributed by atoms with E-state index in [1.165, 1.54) is 0 Å². The van der Waals surface area contributed by atoms with E-state index in [0.29, 0.717) is 5.92 Å². The highest BCUT2D eigenvalue weighted by atomic mass is 16.6. The van der Waals surface area contributed by atoms with Crippen molar-refractivity contribution in [3.05, 3.63) is 12.2 Å². The normalized spacial score (nSPS) is 15.9. The Morgan fingerprint density at radius 3 is 2.38 bits per heavy atom. The topological polar surface area (TPSA) is 38.3 Å². The molecule has 0 bridgehead atoms. The molecule has 0 fully saturated rings. The monoisotopic (exact) mass is 227 g/mol. The Kier molecular flexibility index (Phi) is 6.16. The fourth-order valence-electron chi connectivity index (χ4n) is 1.19. The number of carbonyl (C=O) groups excluding carboxylic acids is 1. The molecule has 1 N–H and O–H groups in total. The zero-order valence-electron chi connectivity index (χ0n) is 11.3. The minimum absolute atomic E-state index is 0.117. The van der Waals surface area contributed by atoms with Crippen LogP contribution in [0.15, 0.2) is 12.2 Å². The van der Waals surface area contributed by atoms with E-state index in [4.69, 9.17) is 4.74 Å². The van der Waals surface area contributed by atoms with Gasteiger partial charge in [0.15, 0.2) is 0 Å². The quantitative estimate of drug-likeness (QED) is 0.746. The molecule has 0 radical (unpaired) electrons. The molecule has 0 aromatic rings. The largest absolute Gasteiger partial charge is 0.444 e. The molecular weight excluding hydrogens is 202 g/mol. The van der Waals surface area contributed by atoms with Crippen LogP contribution in [0.3, 0.4) is 0 Å². The standard InChI is InChI=1S/C13H25NO2/c1-7-8-9-10(2)11(3)14-12(15)16-13(4,5)6/h7-8,10-11H,9H2,1-6H3,(H,14,15)/b8-7-/t10-,11?/m0/s1. The SMILES string of the molecule is C/C=C\C[C@H](C)C(C)NC(=O)OC(C)(C)C. The van der Waals surface area contributed by atoms with E-state index in [0.717, 1.165) is 6.42 Å². The first-order chi connectivity index (χ1) is 7.26. The maximum absolute atomic E-state index is 11.5. The highest BCUT2D eigenvalue weighted by Gasteiger charge is 2.19. The van der Waals surface area contributed by atoms with Crippen LogP contribution in [-0.2, 0) is 4.74 Å². The first-order valence-electron chi connectivity index (χ1n) is 5.87. The third-order valence-electron chi connectivity index (χ3n) is 2.34. The number of ether oxygens (including phenoxy) is 1. The number of amides is 1. The number of rotatable bonds is 4. The van der Waals surface area contributed by atoms with E-state index in [1.807, 2.05) is 40.7 Å². The minimum atomic E-state index is -0.434. The molecule has 0 aliphatic heterocycles. The average molecular weight is 227 g/mol. The van der Waals surface area contributed by atoms with Gasteiger partial charge in [0.25, 0.3) is 0 Å². The van der Waals surface area contributed by atoms with E-state index in [-0.39, 0.29) is 12.1 Å². The van der Waals surface area contributed by atoms with E-state index >= 15 is 0 Å². The molecule has 2 atom stereocenters. The fraction of sp³-hybridized carbons (Fsp3) is 0.769. The van der Waals surface area contributed by atoms with Gasteiger partial charge in [0, 0.05) is 6.04 Å². The molecule has 0 aliphatic carbocycles. The van der Waals surface area contributed by atoms with Crippen molar-refractivity contribution in [2.75, 3.05) is 0 Å². The van der Waals surface area contributed by atoms with Gasteiger partial charge in [-0.15, -0.1) is 0 Å². The highest BCUT2D eigenvalue weighted by molar-refractivity contribution is 5.68. The number of hydrogen-bond donors (Lipinski definition) is 1. The van der Waals surface area contributed by atoms with Crippen molar-refractivity contribution in [2.45, 2.75) is 59.6 Å². The van der Waals surface area contributed by atoms with Gasteiger partial charge in [-0.05, 0) is 47.0 Å². The smallest absolute Gasteiger partial charge is 0.407 e. The summed E-state index contributed by atoms with van der Waals surface area (Å²) in [5.74, 6) is 0.406. The predicted octanol–water partition coefficient (Wildman–Crippen LogP) is 3.50. The molecule has 3 heteroatoms. The second-order valence-electron chi connectivity index (χ2n) is 5.22. The second kappa shape index (κ2) is 6.56. The number of carbonyl (C=O) groups is 1. The highest BCUT2D eigenvalue weighted by Crippen LogP contribution is 2.11. The van der Waals surface area contributed by atoms with Gasteiger partial charge in [-0.3, -0.25) is 0 Å². The van der Waals surface area contributed by atoms with Crippen LogP contribution >= 0.6 is 0 Å². The Morgan fingerprint density at radius 1 is 1.38 bits per heavy atom. The molecule has 0 aromatic heterocycles. The average Bonchev–Trinajstić information content (AvgIpc) is 2.10. The summed E-state index contributed by atoms with van der Waals surface area (Å²) in [6.07, 6.45) is 4.76. The number of allylic oxidation sites excluding steroid dienone is 2. The maximum Gasteiger partial charge on any atom is 0.407 e. The van der Waals surface area contributed by atoms with Crippen molar-refractivity contribution >= 4 is 6.09 Å². The number of hydrogen-bond acceptors (Lipinski definition) is 2. The van der Waals surface area contributed by atoms with Crippen LogP contribution in [0.1, 0.15) is 48.0 Å². The molecule has 0 spiro atoms. The van der Waals surface area contributed by atoms with Gasteiger partial charge in [0.05, 0.1) is 0 Å². The molecule has 0 rings (SSSR count). The van der Waals surface area contributed by atoms with Crippen molar-refractivity contribution in [1.82, 2.24) is 5.32 Å². The lowest BCUT2D eigenvalue weighted by molar-refractivity contribution is 0.0494. The van der Waals surface area contributed by atoms with Gasteiger partial charge in [0.1, 0.15) is 5.60 Å². The molecule has 0 saturated heterocycles. The zero-order valence-corrected chi connectivity index (χ0v) is 11.3. The van der Waals surface area contributed by atoms with Gasteiger partial charge >= 0.3 is 6.09 Å². The fourth-order valence-corrected chi connectivity index (χ4v) is 1.19. The third kappa shape index (κ3) is 7.32. The van der Waals surface area contributed by atoms with Crippen molar-refractivity contribution in [2.24, 2.45) is 5.92 Å². The summed E-state index contributed by atoms with van der Waals surface area (Å²) in [5.41, 5.74) is -0.434. The van der Waals surface area contributed by atoms with E-state index in [1.54, 1.807) is 0 Å². The lowest BCUT2D eigenvalue weighted by Crippen LogP contribution is -2.40. The first-order valence-corrected chi connectivity index (χ1v) is 5.87. The van der Waals surface area contributed by atoms with E-state index in [2.05, 4.69) is 18.3 Å². The summed E-state index contributed by atoms with van der Waals surface area (Å²) in [5, 5.41) is 2.85. The molecule has 0 heterocycles. The van der Waals surface area contributed by atoms with Crippen LogP contribution in [0.4, 0.5) is 4.79 Å². The summed E-state index contributed by atoms with van der Waals surface area (Å²) in [6.45, 7) is 11.7. The summed E-state index contributed by atoms with van der Waals surface area (Å²) < 4.78 is 5.19. The van der Waals surface area contributed by atoms with Crippen molar-refractivity contribution in [3.63, 3.8) is 0 Å². The Labute approximate surface area is 99.3 Å². The van der Waals surface area contributed by atoms with Crippen LogP contribution in [0.2, 0.25) is 0 Å². The number of nitrogens with one attached hydrogen (secondary N) is 1. The lowest BCUT2D eigenvalue weighted by Gasteiger charge is -2.24. The van der Waals surface area contributed by atoms with Crippen molar-refractivity contribution < 1.29 is 9.53 Å². The van der Waals surface area contributed by atoms with Crippen LogP contribution < -0.4 is 5.32 Å². The van der Waals surface area contributed by atoms with E-state index < -0.39 is 5.60 Å². The van der Waals surface area contributed by atoms with Crippen LogP contribution in [0.5, 0.6) is 0 Å². The summed E-state index contributed by atoms with van der Waals surface area (Å²) >= 11 is 0. The first kappa shape index (κ1) is 15.0. The summed E-state index contributed by atoms with van der Waals surface area (Å²) in [7, 11) is 0. The Bertz CT molecular complexity index is 241. The molecule has 0 saturated carbocycles. The maximum atomic E-state index is 11.5. The molecular formula is C13H25NO2. The Morgan fingerprint density at radius 2 is 1.94 bits per heavy atom. The van der Waals surface area contributed by atoms with Crippen LogP contribution in [0, 0.1) is 5.92 Å². The molecule has 1 amide bonds. The Balaban J connectivity index is 4.03. The van der Waals surface area contributed by atoms with Gasteiger partial charge in [-0.1, -0.05) is 19.1 Å². The van der Waals surface area contributed by atoms with Crippen molar-refractivity contribution in [3.8, 4) is 0 Å². The van der Waals surface area contributed by atoms with Gasteiger partial charge in [0.2, 0.25) is 0 Å². The zero-order chi connectivity index (χ0) is 12.8. The Hall–Kier alpha value is -0.990. The van der Waals surface area contributed by atoms with E-state index in [9.17, 15) is 4.79 Å². The van der Waals surface area contributed by atoms with Gasteiger partial charge in [-0.2, -0.15) is 0 Å². The van der Waals surface area contributed by atoms with Gasteiger partial charge < -0.3 is 10.1 Å². The number of alkyl carbamates (subject to hydrolysis) is 1.